The Morgan fingerprint density at radius 2 is 1.62 bits per heavy atom. The first-order valence-corrected chi connectivity index (χ1v) is 16.0. The maximum absolute atomic E-state index is 14.9. The molecule has 0 radical (unpaired) electrons. The number of ether oxygens (including phenoxy) is 1. The molecule has 0 bridgehead atoms. The molecule has 1 aromatic heterocycles. The van der Waals surface area contributed by atoms with E-state index in [1.54, 1.807) is 17.9 Å². The van der Waals surface area contributed by atoms with Crippen LogP contribution in [0.4, 0.5) is 4.79 Å². The number of amides is 2. The lowest BCUT2D eigenvalue weighted by Crippen LogP contribution is -2.49. The minimum atomic E-state index is -0.994. The molecule has 9 heteroatoms. The molecular formula is C36H44N4O5. The maximum atomic E-state index is 14.9. The average Bonchev–Trinajstić information content (AvgIpc) is 3.62. The van der Waals surface area contributed by atoms with Crippen LogP contribution in [0.5, 0.6) is 0 Å². The molecule has 2 aromatic carbocycles. The number of aromatic carboxylic acids is 1. The van der Waals surface area contributed by atoms with Crippen LogP contribution in [0.1, 0.15) is 82.3 Å². The van der Waals surface area contributed by atoms with E-state index in [1.165, 1.54) is 18.4 Å². The van der Waals surface area contributed by atoms with Crippen molar-refractivity contribution < 1.29 is 24.2 Å². The number of carbonyl (C=O) groups excluding carboxylic acids is 2. The van der Waals surface area contributed by atoms with E-state index >= 15 is 0 Å². The minimum Gasteiger partial charge on any atom is -0.478 e. The van der Waals surface area contributed by atoms with Gasteiger partial charge in [-0.3, -0.25) is 4.79 Å². The second-order valence-corrected chi connectivity index (χ2v) is 13.8. The molecule has 0 aliphatic carbocycles. The Bertz CT molecular complexity index is 1650. The van der Waals surface area contributed by atoms with E-state index in [4.69, 9.17) is 4.74 Å². The van der Waals surface area contributed by atoms with E-state index in [2.05, 4.69) is 23.1 Å². The van der Waals surface area contributed by atoms with Gasteiger partial charge in [0.05, 0.1) is 5.56 Å². The molecule has 0 spiro atoms. The van der Waals surface area contributed by atoms with Crippen molar-refractivity contribution in [3.8, 4) is 11.3 Å². The zero-order chi connectivity index (χ0) is 32.0. The highest BCUT2D eigenvalue weighted by atomic mass is 16.6. The van der Waals surface area contributed by atoms with Crippen molar-refractivity contribution in [3.05, 3.63) is 81.5 Å². The van der Waals surface area contributed by atoms with Crippen molar-refractivity contribution in [2.45, 2.75) is 78.1 Å². The molecule has 1 fully saturated rings. The summed E-state index contributed by atoms with van der Waals surface area (Å²) in [7, 11) is 1.85. The molecule has 45 heavy (non-hydrogen) atoms. The highest BCUT2D eigenvalue weighted by Gasteiger charge is 2.35. The fourth-order valence-corrected chi connectivity index (χ4v) is 7.06. The second kappa shape index (κ2) is 12.0. The molecule has 1 atom stereocenters. The van der Waals surface area contributed by atoms with Crippen LogP contribution in [0.3, 0.4) is 0 Å². The van der Waals surface area contributed by atoms with E-state index in [0.29, 0.717) is 43.0 Å². The van der Waals surface area contributed by atoms with Gasteiger partial charge in [-0.25, -0.2) is 9.59 Å². The van der Waals surface area contributed by atoms with Crippen LogP contribution in [0.25, 0.3) is 11.3 Å². The van der Waals surface area contributed by atoms with Gasteiger partial charge < -0.3 is 29.1 Å². The Kier molecular flexibility index (Phi) is 8.24. The molecule has 3 aliphatic rings. The fourth-order valence-electron chi connectivity index (χ4n) is 7.06. The van der Waals surface area contributed by atoms with Gasteiger partial charge in [-0.15, -0.1) is 0 Å². The summed E-state index contributed by atoms with van der Waals surface area (Å²) in [5.74, 6) is -1.07. The monoisotopic (exact) mass is 612 g/mol. The van der Waals surface area contributed by atoms with Gasteiger partial charge in [0.1, 0.15) is 5.60 Å². The third kappa shape index (κ3) is 6.23. The molecule has 9 nitrogen and oxygen atoms in total. The highest BCUT2D eigenvalue weighted by Crippen LogP contribution is 2.35. The standard InChI is InChI=1S/C36H44N4O5/c1-23-29(34(42)43)19-32(37(23)5)30-17-25-12-15-39(35(44)45-36(2,3)4)20-27(25)18-31(30)33(41)40-21-26-11-7-6-10-24(26)16-28(40)22-38-13-8-9-14-38/h6-7,10-11,17-19,28H,8-9,12-16,20-22H2,1-5H3,(H,42,43)/t28-/m0/s1. The largest absolute Gasteiger partial charge is 0.478 e. The minimum absolute atomic E-state index is 0.0115. The van der Waals surface area contributed by atoms with Crippen molar-refractivity contribution in [3.63, 3.8) is 0 Å². The van der Waals surface area contributed by atoms with Crippen molar-refractivity contribution in [1.29, 1.82) is 0 Å². The van der Waals surface area contributed by atoms with Gasteiger partial charge in [0.15, 0.2) is 0 Å². The van der Waals surface area contributed by atoms with Gasteiger partial charge in [-0.1, -0.05) is 24.3 Å². The molecule has 2 amide bonds. The third-order valence-electron chi connectivity index (χ3n) is 9.56. The van der Waals surface area contributed by atoms with Crippen LogP contribution in [0.2, 0.25) is 0 Å². The quantitative estimate of drug-likeness (QED) is 0.400. The number of aromatic nitrogens is 1. The molecule has 3 aliphatic heterocycles. The molecule has 238 valence electrons. The van der Waals surface area contributed by atoms with Crippen LogP contribution in [-0.2, 0) is 37.7 Å². The Morgan fingerprint density at radius 1 is 0.911 bits per heavy atom. The Hall–Kier alpha value is -4.11. The summed E-state index contributed by atoms with van der Waals surface area (Å²) in [6, 6.07) is 14.0. The van der Waals surface area contributed by atoms with E-state index < -0.39 is 11.6 Å². The number of benzene rings is 2. The first-order valence-electron chi connectivity index (χ1n) is 16.0. The summed E-state index contributed by atoms with van der Waals surface area (Å²) in [5, 5.41) is 9.91. The van der Waals surface area contributed by atoms with Crippen molar-refractivity contribution in [2.75, 3.05) is 26.2 Å². The van der Waals surface area contributed by atoms with Crippen LogP contribution in [-0.4, -0.2) is 80.2 Å². The Labute approximate surface area is 265 Å². The van der Waals surface area contributed by atoms with Gasteiger partial charge in [0.25, 0.3) is 5.91 Å². The van der Waals surface area contributed by atoms with Gasteiger partial charge in [0.2, 0.25) is 0 Å². The van der Waals surface area contributed by atoms with Gasteiger partial charge in [-0.05, 0) is 107 Å². The molecular weight excluding hydrogens is 568 g/mol. The molecule has 6 rings (SSSR count). The topological polar surface area (TPSA) is 95.3 Å². The number of carboxylic acids is 1. The highest BCUT2D eigenvalue weighted by molar-refractivity contribution is 6.02. The van der Waals surface area contributed by atoms with E-state index in [9.17, 15) is 19.5 Å². The predicted molar refractivity (Wildman–Crippen MR) is 172 cm³/mol. The predicted octanol–water partition coefficient (Wildman–Crippen LogP) is 5.65. The zero-order valence-electron chi connectivity index (χ0n) is 27.1. The average molecular weight is 613 g/mol. The summed E-state index contributed by atoms with van der Waals surface area (Å²) in [6.45, 7) is 11.6. The molecule has 1 saturated heterocycles. The third-order valence-corrected chi connectivity index (χ3v) is 9.56. The van der Waals surface area contributed by atoms with Crippen LogP contribution >= 0.6 is 0 Å². The summed E-state index contributed by atoms with van der Waals surface area (Å²) in [6.07, 6.45) is 3.39. The maximum Gasteiger partial charge on any atom is 0.410 e. The van der Waals surface area contributed by atoms with E-state index in [1.807, 2.05) is 55.5 Å². The molecule has 1 N–H and O–H groups in total. The van der Waals surface area contributed by atoms with Gasteiger partial charge >= 0.3 is 12.1 Å². The number of hydrogen-bond donors (Lipinski definition) is 1. The first kappa shape index (κ1) is 30.9. The van der Waals surface area contributed by atoms with Crippen molar-refractivity contribution in [1.82, 2.24) is 19.3 Å². The zero-order valence-corrected chi connectivity index (χ0v) is 27.1. The molecule has 3 aromatic rings. The molecule has 4 heterocycles. The number of rotatable bonds is 5. The normalized spacial score (nSPS) is 18.5. The summed E-state index contributed by atoms with van der Waals surface area (Å²) in [4.78, 5) is 46.2. The molecule has 0 unspecified atom stereocenters. The lowest BCUT2D eigenvalue weighted by atomic mass is 9.89. The molecule has 0 saturated carbocycles. The van der Waals surface area contributed by atoms with Gasteiger partial charge in [0, 0.05) is 61.8 Å². The van der Waals surface area contributed by atoms with Crippen molar-refractivity contribution in [2.24, 2.45) is 7.05 Å². The van der Waals surface area contributed by atoms with E-state index in [-0.39, 0.29) is 23.6 Å². The number of carbonyl (C=O) groups is 3. The number of fused-ring (bicyclic) bond motifs is 2. The van der Waals surface area contributed by atoms with Crippen LogP contribution < -0.4 is 0 Å². The number of hydrogen-bond acceptors (Lipinski definition) is 5. The summed E-state index contributed by atoms with van der Waals surface area (Å²) in [5.41, 5.74) is 6.59. The Morgan fingerprint density at radius 3 is 2.29 bits per heavy atom. The second-order valence-electron chi connectivity index (χ2n) is 13.8. The van der Waals surface area contributed by atoms with Crippen LogP contribution in [0.15, 0.2) is 42.5 Å². The number of likely N-dealkylation sites (tertiary alicyclic amines) is 1. The lowest BCUT2D eigenvalue weighted by molar-refractivity contribution is 0.0223. The smallest absolute Gasteiger partial charge is 0.410 e. The first-order chi connectivity index (χ1) is 21.4. The summed E-state index contributed by atoms with van der Waals surface area (Å²) < 4.78 is 7.54. The van der Waals surface area contributed by atoms with Crippen LogP contribution in [0, 0.1) is 6.92 Å². The number of carboxylic acid groups (broad SMARTS) is 1. The SMILES string of the molecule is Cc1c(C(=O)O)cc(-c2cc3c(cc2C(=O)N2Cc4ccccc4C[C@H]2CN2CCCC2)CN(C(=O)OC(C)(C)C)CC3)n1C. The lowest BCUT2D eigenvalue weighted by Gasteiger charge is -2.39. The van der Waals surface area contributed by atoms with Gasteiger partial charge in [-0.2, -0.15) is 0 Å². The Balaban J connectivity index is 1.44. The number of nitrogens with zero attached hydrogens (tertiary/aromatic N) is 4. The fraction of sp³-hybridized carbons (Fsp3) is 0.472. The summed E-state index contributed by atoms with van der Waals surface area (Å²) >= 11 is 0. The van der Waals surface area contributed by atoms with E-state index in [0.717, 1.165) is 48.3 Å². The van der Waals surface area contributed by atoms with Crippen molar-refractivity contribution >= 4 is 18.0 Å².